The Kier molecular flexibility index (Phi) is 4.62. The van der Waals surface area contributed by atoms with E-state index in [-0.39, 0.29) is 23.7 Å². The second-order valence-electron chi connectivity index (χ2n) is 8.51. The number of fused-ring (bicyclic) bond motifs is 3. The molecule has 5 rings (SSSR count). The van der Waals surface area contributed by atoms with Crippen LogP contribution in [-0.2, 0) is 15.0 Å². The van der Waals surface area contributed by atoms with Crippen LogP contribution in [0.25, 0.3) is 0 Å². The van der Waals surface area contributed by atoms with E-state index in [4.69, 9.17) is 12.2 Å². The Labute approximate surface area is 192 Å². The van der Waals surface area contributed by atoms with Crippen LogP contribution >= 0.6 is 0 Å². The van der Waals surface area contributed by atoms with Gasteiger partial charge in [-0.15, -0.1) is 6.42 Å². The number of ketones is 1. The second-order valence-corrected chi connectivity index (χ2v) is 8.51. The van der Waals surface area contributed by atoms with E-state index >= 15 is 0 Å². The molecule has 0 radical (unpaired) electrons. The first-order valence-corrected chi connectivity index (χ1v) is 10.9. The number of benzene rings is 2. The minimum absolute atomic E-state index is 0.0363. The Morgan fingerprint density at radius 2 is 1.94 bits per heavy atom. The van der Waals surface area contributed by atoms with Crippen molar-refractivity contribution in [1.82, 2.24) is 0 Å². The van der Waals surface area contributed by atoms with Gasteiger partial charge in [0, 0.05) is 34.6 Å². The molecule has 0 saturated heterocycles. The molecule has 1 aliphatic carbocycles. The average Bonchev–Trinajstić information content (AvgIpc) is 3.04. The lowest BCUT2D eigenvalue weighted by molar-refractivity contribution is -0.124. The van der Waals surface area contributed by atoms with Crippen LogP contribution in [-0.4, -0.2) is 18.2 Å². The summed E-state index contributed by atoms with van der Waals surface area (Å²) in [5, 5.41) is 10.4. The molecule has 0 saturated carbocycles. The molecule has 2 heterocycles. The summed E-state index contributed by atoms with van der Waals surface area (Å²) in [6.07, 6.45) is 7.11. The molecule has 0 unspecified atom stereocenters. The largest absolute Gasteiger partial charge is 0.384 e. The number of allylic oxidation sites excluding steroid dienone is 1. The molecule has 33 heavy (non-hydrogen) atoms. The van der Waals surface area contributed by atoms with E-state index in [1.54, 1.807) is 23.1 Å². The number of carbonyl (C=O) groups excluding carboxylic acids is 2. The Bertz CT molecular complexity index is 1370. The van der Waals surface area contributed by atoms with Crippen LogP contribution in [0.3, 0.4) is 0 Å². The number of amides is 1. The highest BCUT2D eigenvalue weighted by Crippen LogP contribution is 2.56. The normalized spacial score (nSPS) is 21.8. The van der Waals surface area contributed by atoms with E-state index in [1.165, 1.54) is 4.90 Å². The van der Waals surface area contributed by atoms with E-state index in [9.17, 15) is 14.9 Å². The third-order valence-electron chi connectivity index (χ3n) is 6.69. The van der Waals surface area contributed by atoms with Gasteiger partial charge in [-0.25, -0.2) is 0 Å². The molecule has 2 N–H and O–H groups in total. The van der Waals surface area contributed by atoms with E-state index in [0.29, 0.717) is 41.8 Å². The van der Waals surface area contributed by atoms with Gasteiger partial charge >= 0.3 is 0 Å². The van der Waals surface area contributed by atoms with Crippen molar-refractivity contribution in [1.29, 1.82) is 5.26 Å². The number of terminal acetylenes is 1. The predicted molar refractivity (Wildman–Crippen MR) is 126 cm³/mol. The molecular formula is C27H22N4O2. The van der Waals surface area contributed by atoms with Crippen LogP contribution in [0.4, 0.5) is 11.4 Å². The number of aryl methyl sites for hydroxylation is 1. The fraction of sp³-hybridized carbons (Fsp3) is 0.222. The van der Waals surface area contributed by atoms with Crippen molar-refractivity contribution in [2.45, 2.75) is 31.6 Å². The summed E-state index contributed by atoms with van der Waals surface area (Å²) in [6, 6.07) is 17.2. The van der Waals surface area contributed by atoms with Crippen molar-refractivity contribution in [3.8, 4) is 18.4 Å². The molecule has 2 aromatic carbocycles. The van der Waals surface area contributed by atoms with Crippen molar-refractivity contribution in [3.63, 3.8) is 0 Å². The third-order valence-corrected chi connectivity index (χ3v) is 6.69. The lowest BCUT2D eigenvalue weighted by Gasteiger charge is -2.43. The Hall–Kier alpha value is -4.29. The van der Waals surface area contributed by atoms with Crippen molar-refractivity contribution in [2.75, 3.05) is 16.3 Å². The molecular weight excluding hydrogens is 412 g/mol. The van der Waals surface area contributed by atoms with Gasteiger partial charge in [-0.2, -0.15) is 5.26 Å². The first-order chi connectivity index (χ1) is 16.0. The summed E-state index contributed by atoms with van der Waals surface area (Å²) < 4.78 is 0. The zero-order chi connectivity index (χ0) is 23.3. The molecule has 2 aliphatic heterocycles. The molecule has 1 amide bonds. The molecule has 1 spiro atoms. The fourth-order valence-electron chi connectivity index (χ4n) is 5.44. The van der Waals surface area contributed by atoms with Gasteiger partial charge in [0.15, 0.2) is 5.78 Å². The summed E-state index contributed by atoms with van der Waals surface area (Å²) in [7, 11) is 0. The van der Waals surface area contributed by atoms with Crippen molar-refractivity contribution < 1.29 is 9.59 Å². The van der Waals surface area contributed by atoms with Crippen molar-refractivity contribution >= 4 is 23.1 Å². The highest BCUT2D eigenvalue weighted by Gasteiger charge is 2.62. The van der Waals surface area contributed by atoms with Gasteiger partial charge in [-0.1, -0.05) is 36.3 Å². The SMILES string of the molecule is C#CCN1C(=O)[C@]2(C(C#N)=C(N)N(c3cccc(C)c3)C3=C2C(=O)CCC3)c2ccccc21. The van der Waals surface area contributed by atoms with E-state index in [2.05, 4.69) is 12.0 Å². The maximum absolute atomic E-state index is 14.1. The van der Waals surface area contributed by atoms with Crippen LogP contribution in [0.15, 0.2) is 71.2 Å². The number of carbonyl (C=O) groups is 2. The highest BCUT2D eigenvalue weighted by molar-refractivity contribution is 6.20. The van der Waals surface area contributed by atoms with Gasteiger partial charge in [0.05, 0.1) is 12.1 Å². The first-order valence-electron chi connectivity index (χ1n) is 10.9. The van der Waals surface area contributed by atoms with Gasteiger partial charge in [0.2, 0.25) is 5.91 Å². The lowest BCUT2D eigenvalue weighted by atomic mass is 9.64. The predicted octanol–water partition coefficient (Wildman–Crippen LogP) is 3.43. The summed E-state index contributed by atoms with van der Waals surface area (Å²) in [5.41, 5.74) is 9.16. The number of hydrogen-bond acceptors (Lipinski definition) is 5. The van der Waals surface area contributed by atoms with E-state index in [0.717, 1.165) is 11.3 Å². The van der Waals surface area contributed by atoms with E-state index in [1.807, 2.05) is 37.3 Å². The van der Waals surface area contributed by atoms with Crippen LogP contribution < -0.4 is 15.5 Å². The minimum atomic E-state index is -1.58. The van der Waals surface area contributed by atoms with Crippen LogP contribution in [0.2, 0.25) is 0 Å². The molecule has 6 nitrogen and oxygen atoms in total. The molecule has 0 aromatic heterocycles. The third kappa shape index (κ3) is 2.61. The minimum Gasteiger partial charge on any atom is -0.384 e. The molecule has 162 valence electrons. The monoisotopic (exact) mass is 434 g/mol. The van der Waals surface area contributed by atoms with Gasteiger partial charge in [-0.3, -0.25) is 19.4 Å². The van der Waals surface area contributed by atoms with Crippen LogP contribution in [0.1, 0.15) is 30.4 Å². The topological polar surface area (TPSA) is 90.4 Å². The highest BCUT2D eigenvalue weighted by atomic mass is 16.2. The number of Topliss-reactive ketones (excluding diaryl/α,β-unsaturated/α-hetero) is 1. The standard InChI is InChI=1S/C27H22N4O2/c1-3-14-30-21-11-5-4-10-19(21)27(26(30)33)20(16-28)25(29)31(18-9-6-8-17(2)15-18)22-12-7-13-23(32)24(22)27/h1,4-6,8-11,15H,7,12-14,29H2,2H3/t27-/m0/s1. The zero-order valence-corrected chi connectivity index (χ0v) is 18.3. The fourth-order valence-corrected chi connectivity index (χ4v) is 5.44. The number of nitrogens with two attached hydrogens (primary N) is 1. The summed E-state index contributed by atoms with van der Waals surface area (Å²) >= 11 is 0. The Morgan fingerprint density at radius 3 is 2.67 bits per heavy atom. The Morgan fingerprint density at radius 1 is 1.15 bits per heavy atom. The van der Waals surface area contributed by atoms with Gasteiger partial charge in [0.25, 0.3) is 0 Å². The number of rotatable bonds is 2. The molecule has 6 heteroatoms. The smallest absolute Gasteiger partial charge is 0.248 e. The summed E-state index contributed by atoms with van der Waals surface area (Å²) in [4.78, 5) is 30.9. The number of para-hydroxylation sites is 1. The second kappa shape index (κ2) is 7.39. The maximum Gasteiger partial charge on any atom is 0.248 e. The van der Waals surface area contributed by atoms with E-state index < -0.39 is 11.3 Å². The molecule has 0 bridgehead atoms. The van der Waals surface area contributed by atoms with Gasteiger partial charge in [-0.05, 0) is 43.5 Å². The van der Waals surface area contributed by atoms with Gasteiger partial charge < -0.3 is 5.73 Å². The van der Waals surface area contributed by atoms with Gasteiger partial charge in [0.1, 0.15) is 17.3 Å². The van der Waals surface area contributed by atoms with Crippen LogP contribution in [0, 0.1) is 30.6 Å². The molecule has 3 aliphatic rings. The number of hydrogen-bond donors (Lipinski definition) is 1. The summed E-state index contributed by atoms with van der Waals surface area (Å²) in [5.74, 6) is 2.17. The average molecular weight is 434 g/mol. The molecule has 1 atom stereocenters. The molecule has 2 aromatic rings. The maximum atomic E-state index is 14.1. The van der Waals surface area contributed by atoms with Crippen molar-refractivity contribution in [3.05, 3.63) is 82.3 Å². The summed E-state index contributed by atoms with van der Waals surface area (Å²) in [6.45, 7) is 2.00. The lowest BCUT2D eigenvalue weighted by Crippen LogP contribution is -2.52. The quantitative estimate of drug-likeness (QED) is 0.732. The zero-order valence-electron chi connectivity index (χ0n) is 18.3. The number of nitrogens with zero attached hydrogens (tertiary/aromatic N) is 3. The Balaban J connectivity index is 1.89. The number of anilines is 2. The first kappa shape index (κ1) is 20.6. The number of nitriles is 1. The molecule has 0 fully saturated rings. The van der Waals surface area contributed by atoms with Crippen molar-refractivity contribution in [2.24, 2.45) is 5.73 Å². The van der Waals surface area contributed by atoms with Crippen LogP contribution in [0.5, 0.6) is 0 Å².